The maximum absolute atomic E-state index is 12.7. The van der Waals surface area contributed by atoms with E-state index in [1.807, 2.05) is 13.8 Å². The summed E-state index contributed by atoms with van der Waals surface area (Å²) in [6.07, 6.45) is 13.5. The fourth-order valence-electron chi connectivity index (χ4n) is 5.07. The van der Waals surface area contributed by atoms with Gasteiger partial charge < -0.3 is 52.2 Å². The fourth-order valence-corrected chi connectivity index (χ4v) is 7.35. The van der Waals surface area contributed by atoms with E-state index in [0.29, 0.717) is 56.7 Å². The maximum atomic E-state index is 12.7. The summed E-state index contributed by atoms with van der Waals surface area (Å²) in [6, 6.07) is 0. The van der Waals surface area contributed by atoms with Crippen molar-refractivity contribution in [3.05, 3.63) is 0 Å². The Morgan fingerprint density at radius 3 is 1.58 bits per heavy atom. The summed E-state index contributed by atoms with van der Waals surface area (Å²) in [6.45, 7) is 8.37. The second-order valence-electron chi connectivity index (χ2n) is 13.1. The maximum Gasteiger partial charge on any atom is 0.474 e. The lowest BCUT2D eigenvalue weighted by Crippen LogP contribution is -2.44. The molecule has 0 saturated carbocycles. The fraction of sp³-hybridized carbons (Fsp3) is 0.868. The van der Waals surface area contributed by atoms with Gasteiger partial charge in [0.05, 0.1) is 18.1 Å². The number of hydrogen-bond donors (Lipinski definition) is 6. The van der Waals surface area contributed by atoms with Crippen molar-refractivity contribution < 1.29 is 57.2 Å². The van der Waals surface area contributed by atoms with Crippen molar-refractivity contribution in [1.29, 1.82) is 0 Å². The van der Waals surface area contributed by atoms with Crippen LogP contribution in [0, 0.1) is 0 Å². The Kier molecular flexibility index (Phi) is 52.5. The second-order valence-corrected chi connectivity index (χ2v) is 17.4. The number of phosphoric acid groups is 1. The molecule has 22 heteroatoms. The molecule has 358 valence electrons. The topological polar surface area (TPSA) is 277 Å². The van der Waals surface area contributed by atoms with E-state index >= 15 is 0 Å². The smallest absolute Gasteiger partial charge is 0.412 e. The van der Waals surface area contributed by atoms with Gasteiger partial charge in [0.2, 0.25) is 29.5 Å². The van der Waals surface area contributed by atoms with Gasteiger partial charge >= 0.3 is 7.82 Å². The molecule has 0 aliphatic rings. The monoisotopic (exact) mass is 940 g/mol. The Morgan fingerprint density at radius 1 is 0.667 bits per heavy atom. The van der Waals surface area contributed by atoms with Crippen LogP contribution in [0.25, 0.3) is 0 Å². The molecule has 2 unspecified atom stereocenters. The molecule has 0 radical (unpaired) electrons. The molecular formula is C38H82N6O12P2S2. The Morgan fingerprint density at radius 2 is 1.12 bits per heavy atom. The van der Waals surface area contributed by atoms with E-state index in [1.54, 1.807) is 37.9 Å². The molecule has 60 heavy (non-hydrogen) atoms. The van der Waals surface area contributed by atoms with E-state index in [2.05, 4.69) is 32.5 Å². The summed E-state index contributed by atoms with van der Waals surface area (Å²) in [5.74, 6) is 2.29. The molecule has 18 nitrogen and oxygen atoms in total. The number of carbonyl (C=O) groups excluding carboxylic acids is 5. The SMILES string of the molecule is CC.CCCCCCSCC(=O)NCCCCCC(=O)NCCN(CCNC(=O)CCCCCNC(=O)CSCCCCCCOP(=O)(O)OP)C(=O)COCOC.N.O. The van der Waals surface area contributed by atoms with Crippen LogP contribution in [0.5, 0.6) is 0 Å². The highest BCUT2D eigenvalue weighted by Gasteiger charge is 2.18. The zero-order chi connectivity index (χ0) is 43.5. The van der Waals surface area contributed by atoms with Gasteiger partial charge in [-0.2, -0.15) is 23.5 Å². The molecule has 0 rings (SSSR count). The first-order chi connectivity index (χ1) is 28.0. The Labute approximate surface area is 371 Å². The van der Waals surface area contributed by atoms with Crippen molar-refractivity contribution in [2.75, 3.05) is 89.4 Å². The quantitative estimate of drug-likeness (QED) is 0.0271. The number of rotatable bonds is 40. The number of ether oxygens (including phenoxy) is 2. The number of thioether (sulfide) groups is 2. The van der Waals surface area contributed by atoms with Gasteiger partial charge in [-0.05, 0) is 56.5 Å². The lowest BCUT2D eigenvalue weighted by Gasteiger charge is -2.23. The van der Waals surface area contributed by atoms with E-state index in [-0.39, 0.29) is 87.3 Å². The molecule has 10 N–H and O–H groups in total. The zero-order valence-corrected chi connectivity index (χ0v) is 40.7. The number of unbranched alkanes of at least 4 members (excludes halogenated alkanes) is 10. The highest BCUT2D eigenvalue weighted by molar-refractivity contribution is 8.00. The summed E-state index contributed by atoms with van der Waals surface area (Å²) in [7, 11) is -0.751. The van der Waals surface area contributed by atoms with Crippen molar-refractivity contribution in [3.8, 4) is 0 Å². The van der Waals surface area contributed by atoms with Crippen LogP contribution in [-0.2, 0) is 46.8 Å². The molecule has 2 atom stereocenters. The predicted molar refractivity (Wildman–Crippen MR) is 247 cm³/mol. The lowest BCUT2D eigenvalue weighted by atomic mass is 10.2. The largest absolute Gasteiger partial charge is 0.474 e. The number of hydrogen-bond acceptors (Lipinski definition) is 13. The predicted octanol–water partition coefficient (Wildman–Crippen LogP) is 4.92. The highest BCUT2D eigenvalue weighted by Crippen LogP contribution is 2.45. The Hall–Kier alpha value is -1.57. The third-order valence-electron chi connectivity index (χ3n) is 8.17. The van der Waals surface area contributed by atoms with Crippen LogP contribution < -0.4 is 27.4 Å². The average Bonchev–Trinajstić information content (AvgIpc) is 3.21. The van der Waals surface area contributed by atoms with E-state index in [1.165, 1.54) is 26.4 Å². The zero-order valence-electron chi connectivity index (χ0n) is 37.0. The normalized spacial score (nSPS) is 11.4. The number of carbonyl (C=O) groups is 5. The molecular weight excluding hydrogens is 859 g/mol. The molecule has 0 spiro atoms. The highest BCUT2D eigenvalue weighted by atomic mass is 32.2. The summed E-state index contributed by atoms with van der Waals surface area (Å²) >= 11 is 3.24. The Balaban J connectivity index is -0.00000385. The van der Waals surface area contributed by atoms with Gasteiger partial charge in [-0.25, -0.2) is 4.57 Å². The van der Waals surface area contributed by atoms with E-state index in [0.717, 1.165) is 62.9 Å². The van der Waals surface area contributed by atoms with Crippen LogP contribution in [0.3, 0.4) is 0 Å². The van der Waals surface area contributed by atoms with Crippen LogP contribution in [-0.4, -0.2) is 134 Å². The summed E-state index contributed by atoms with van der Waals surface area (Å²) in [4.78, 5) is 72.2. The third-order valence-corrected chi connectivity index (χ3v) is 11.8. The van der Waals surface area contributed by atoms with Crippen molar-refractivity contribution >= 4 is 70.3 Å². The minimum atomic E-state index is -3.93. The first-order valence-corrected chi connectivity index (χ1v) is 25.2. The molecule has 5 amide bonds. The minimum absolute atomic E-state index is 0. The number of methoxy groups -OCH3 is 1. The van der Waals surface area contributed by atoms with Gasteiger partial charge in [0, 0.05) is 68.7 Å². The van der Waals surface area contributed by atoms with Crippen LogP contribution in [0.1, 0.15) is 124 Å². The number of amides is 5. The molecule has 0 aromatic heterocycles. The molecule has 0 heterocycles. The van der Waals surface area contributed by atoms with Crippen LogP contribution >= 0.6 is 40.8 Å². The summed E-state index contributed by atoms with van der Waals surface area (Å²) in [5.41, 5.74) is 0. The van der Waals surface area contributed by atoms with Crippen LogP contribution in [0.4, 0.5) is 0 Å². The van der Waals surface area contributed by atoms with E-state index in [4.69, 9.17) is 18.9 Å². The summed E-state index contributed by atoms with van der Waals surface area (Å²) < 4.78 is 30.3. The molecule has 0 aliphatic carbocycles. The van der Waals surface area contributed by atoms with Crippen LogP contribution in [0.2, 0.25) is 0 Å². The number of nitrogens with one attached hydrogen (secondary N) is 4. The second kappa shape index (κ2) is 48.5. The molecule has 0 aromatic rings. The van der Waals surface area contributed by atoms with Gasteiger partial charge in [-0.3, -0.25) is 32.8 Å². The van der Waals surface area contributed by atoms with Crippen molar-refractivity contribution in [3.63, 3.8) is 0 Å². The standard InChI is InChI=1S/C36H71N5O11P2S2.C2H6.H3N.H2O/c1-3-4-5-15-26-55-29-34(44)37-19-12-8-10-17-32(42)39-21-23-41(36(46)28-50-31-49-2)24-22-40-33(43)18-11-9-13-20-38-35(45)30-56-27-16-7-6-14-25-51-54(47,48)52-53;1-2;;/h3-31,53H2,1-2H3,(H,37,44)(H,38,45)(H,39,42)(H,40,43)(H,47,48);1-2H3;1H3;1H2. The molecule has 0 aliphatic heterocycles. The van der Waals surface area contributed by atoms with E-state index in [9.17, 15) is 28.5 Å². The molecule has 0 bridgehead atoms. The first kappa shape index (κ1) is 65.0. The van der Waals surface area contributed by atoms with Crippen LogP contribution in [0.15, 0.2) is 0 Å². The third kappa shape index (κ3) is 45.9. The van der Waals surface area contributed by atoms with E-state index < -0.39 is 7.82 Å². The van der Waals surface area contributed by atoms with Gasteiger partial charge in [0.25, 0.3) is 0 Å². The molecule has 0 saturated heterocycles. The van der Waals surface area contributed by atoms with Gasteiger partial charge in [0.15, 0.2) is 0 Å². The first-order valence-electron chi connectivity index (χ1n) is 21.0. The minimum Gasteiger partial charge on any atom is -0.412 e. The Bertz CT molecular complexity index is 1110. The summed E-state index contributed by atoms with van der Waals surface area (Å²) in [5, 5.41) is 11.6. The van der Waals surface area contributed by atoms with Gasteiger partial charge in [0.1, 0.15) is 13.4 Å². The van der Waals surface area contributed by atoms with Gasteiger partial charge in [-0.15, -0.1) is 0 Å². The van der Waals surface area contributed by atoms with Crippen molar-refractivity contribution in [2.24, 2.45) is 0 Å². The molecule has 0 aromatic carbocycles. The lowest BCUT2D eigenvalue weighted by molar-refractivity contribution is -0.141. The number of nitrogens with zero attached hydrogens (tertiary/aromatic N) is 1. The average molecular weight is 941 g/mol. The van der Waals surface area contributed by atoms with Crippen molar-refractivity contribution in [2.45, 2.75) is 124 Å². The number of phosphoric ester groups is 1. The van der Waals surface area contributed by atoms with Crippen molar-refractivity contribution in [1.82, 2.24) is 32.3 Å². The van der Waals surface area contributed by atoms with Gasteiger partial charge in [-0.1, -0.05) is 65.7 Å². The molecule has 0 fully saturated rings.